The number of hydrogen-bond acceptors (Lipinski definition) is 5. The molecule has 3 aromatic rings. The van der Waals surface area contributed by atoms with Crippen molar-refractivity contribution in [3.8, 4) is 5.69 Å². The second-order valence-corrected chi connectivity index (χ2v) is 7.32. The zero-order valence-electron chi connectivity index (χ0n) is 16.0. The van der Waals surface area contributed by atoms with Gasteiger partial charge in [0.2, 0.25) is 11.8 Å². The summed E-state index contributed by atoms with van der Waals surface area (Å²) in [4.78, 5) is 25.7. The summed E-state index contributed by atoms with van der Waals surface area (Å²) >= 11 is 0. The van der Waals surface area contributed by atoms with E-state index in [4.69, 9.17) is 4.42 Å². The van der Waals surface area contributed by atoms with Gasteiger partial charge in [0.05, 0.1) is 24.7 Å². The van der Waals surface area contributed by atoms with Gasteiger partial charge in [0.1, 0.15) is 11.5 Å². The van der Waals surface area contributed by atoms with Crippen LogP contribution in [0, 0.1) is 0 Å². The number of hydrogen-bond donors (Lipinski definition) is 2. The van der Waals surface area contributed by atoms with E-state index in [1.54, 1.807) is 12.5 Å². The zero-order chi connectivity index (χ0) is 20.1. The van der Waals surface area contributed by atoms with Crippen LogP contribution in [0.3, 0.4) is 0 Å². The predicted molar refractivity (Wildman–Crippen MR) is 105 cm³/mol. The number of amides is 2. The summed E-state index contributed by atoms with van der Waals surface area (Å²) in [5.74, 6) is 0.749. The third-order valence-electron chi connectivity index (χ3n) is 5.15. The van der Waals surface area contributed by atoms with Gasteiger partial charge in [-0.05, 0) is 37.1 Å². The van der Waals surface area contributed by atoms with E-state index < -0.39 is 5.54 Å². The normalized spacial score (nSPS) is 18.6. The van der Waals surface area contributed by atoms with Gasteiger partial charge < -0.3 is 15.1 Å². The maximum atomic E-state index is 12.4. The Hall–Kier alpha value is -3.42. The number of furan rings is 1. The summed E-state index contributed by atoms with van der Waals surface area (Å²) in [6, 6.07) is 13.3. The monoisotopic (exact) mass is 393 g/mol. The van der Waals surface area contributed by atoms with Gasteiger partial charge in [0, 0.05) is 24.8 Å². The number of benzene rings is 1. The van der Waals surface area contributed by atoms with Crippen molar-refractivity contribution in [3.05, 3.63) is 66.4 Å². The highest BCUT2D eigenvalue weighted by Crippen LogP contribution is 2.29. The number of para-hydroxylation sites is 1. The molecule has 1 atom stereocenters. The van der Waals surface area contributed by atoms with Crippen molar-refractivity contribution in [2.24, 2.45) is 0 Å². The third kappa shape index (κ3) is 4.71. The van der Waals surface area contributed by atoms with Crippen molar-refractivity contribution in [1.82, 2.24) is 25.6 Å². The fourth-order valence-corrected chi connectivity index (χ4v) is 3.62. The molecule has 8 heteroatoms. The first-order chi connectivity index (χ1) is 14.1. The first-order valence-electron chi connectivity index (χ1n) is 9.69. The molecule has 0 spiro atoms. The average molecular weight is 393 g/mol. The SMILES string of the molecule is O=C(CC[C@]1(Cc2ccco2)CCC(=O)N1)NCc1cnn(-c2ccccc2)n1. The Morgan fingerprint density at radius 2 is 2.10 bits per heavy atom. The van der Waals surface area contributed by atoms with E-state index in [1.807, 2.05) is 42.5 Å². The standard InChI is InChI=1S/C21H23N5O3/c27-19(22-14-16-15-23-26(25-16)17-5-2-1-3-6-17)8-10-21(11-9-20(28)24-21)13-18-7-4-12-29-18/h1-7,12,15H,8-11,13-14H2,(H,22,27)(H,24,28)/t21-/m1/s1. The fraction of sp³-hybridized carbons (Fsp3) is 0.333. The van der Waals surface area contributed by atoms with Crippen LogP contribution in [0.1, 0.15) is 37.1 Å². The lowest BCUT2D eigenvalue weighted by molar-refractivity contribution is -0.123. The van der Waals surface area contributed by atoms with Crippen molar-refractivity contribution >= 4 is 11.8 Å². The topological polar surface area (TPSA) is 102 Å². The Bertz CT molecular complexity index is 967. The second-order valence-electron chi connectivity index (χ2n) is 7.32. The molecule has 1 aromatic carbocycles. The molecule has 3 heterocycles. The van der Waals surface area contributed by atoms with Crippen molar-refractivity contribution in [2.45, 2.75) is 44.2 Å². The van der Waals surface area contributed by atoms with Crippen LogP contribution in [0.15, 0.2) is 59.3 Å². The number of nitrogens with zero attached hydrogens (tertiary/aromatic N) is 3. The molecule has 2 N–H and O–H groups in total. The van der Waals surface area contributed by atoms with E-state index >= 15 is 0 Å². The Kier molecular flexibility index (Phi) is 5.41. The van der Waals surface area contributed by atoms with Crippen LogP contribution in [0.25, 0.3) is 5.69 Å². The minimum absolute atomic E-state index is 0.0227. The van der Waals surface area contributed by atoms with Crippen LogP contribution >= 0.6 is 0 Å². The number of rotatable bonds is 8. The third-order valence-corrected chi connectivity index (χ3v) is 5.15. The molecule has 0 unspecified atom stereocenters. The molecule has 0 aliphatic carbocycles. The summed E-state index contributed by atoms with van der Waals surface area (Å²) in [6.45, 7) is 0.309. The number of carbonyl (C=O) groups excluding carboxylic acids is 2. The van der Waals surface area contributed by atoms with E-state index in [1.165, 1.54) is 4.80 Å². The van der Waals surface area contributed by atoms with Crippen LogP contribution in [-0.2, 0) is 22.6 Å². The molecule has 1 aliphatic heterocycles. The highest BCUT2D eigenvalue weighted by Gasteiger charge is 2.38. The van der Waals surface area contributed by atoms with Gasteiger partial charge in [-0.25, -0.2) is 0 Å². The van der Waals surface area contributed by atoms with Crippen LogP contribution in [0.5, 0.6) is 0 Å². The van der Waals surface area contributed by atoms with Gasteiger partial charge in [-0.3, -0.25) is 9.59 Å². The van der Waals surface area contributed by atoms with E-state index in [2.05, 4.69) is 20.8 Å². The van der Waals surface area contributed by atoms with Gasteiger partial charge in [-0.15, -0.1) is 0 Å². The second kappa shape index (κ2) is 8.30. The summed E-state index contributed by atoms with van der Waals surface area (Å²) < 4.78 is 5.44. The minimum atomic E-state index is -0.428. The highest BCUT2D eigenvalue weighted by molar-refractivity contribution is 5.80. The van der Waals surface area contributed by atoms with E-state index in [-0.39, 0.29) is 11.8 Å². The van der Waals surface area contributed by atoms with E-state index in [0.717, 1.165) is 11.4 Å². The molecule has 1 aliphatic rings. The van der Waals surface area contributed by atoms with Crippen LogP contribution in [0.2, 0.25) is 0 Å². The molecule has 1 fully saturated rings. The largest absolute Gasteiger partial charge is 0.469 e. The summed E-state index contributed by atoms with van der Waals surface area (Å²) in [6.07, 6.45) is 5.90. The van der Waals surface area contributed by atoms with Crippen molar-refractivity contribution in [3.63, 3.8) is 0 Å². The lowest BCUT2D eigenvalue weighted by Gasteiger charge is -2.28. The molecule has 0 saturated carbocycles. The van der Waals surface area contributed by atoms with Crippen LogP contribution in [-0.4, -0.2) is 32.3 Å². The van der Waals surface area contributed by atoms with Gasteiger partial charge in [0.15, 0.2) is 0 Å². The number of aromatic nitrogens is 3. The van der Waals surface area contributed by atoms with Crippen molar-refractivity contribution in [1.29, 1.82) is 0 Å². The lowest BCUT2D eigenvalue weighted by atomic mass is 9.87. The molecule has 0 bridgehead atoms. The van der Waals surface area contributed by atoms with Gasteiger partial charge >= 0.3 is 0 Å². The molecule has 8 nitrogen and oxygen atoms in total. The maximum Gasteiger partial charge on any atom is 0.220 e. The fourth-order valence-electron chi connectivity index (χ4n) is 3.62. The first-order valence-corrected chi connectivity index (χ1v) is 9.69. The van der Waals surface area contributed by atoms with Crippen molar-refractivity contribution in [2.75, 3.05) is 0 Å². The molecule has 1 saturated heterocycles. The number of carbonyl (C=O) groups is 2. The lowest BCUT2D eigenvalue weighted by Crippen LogP contribution is -2.44. The van der Waals surface area contributed by atoms with Gasteiger partial charge in [0.25, 0.3) is 0 Å². The Labute approximate surface area is 168 Å². The first kappa shape index (κ1) is 18.9. The summed E-state index contributed by atoms with van der Waals surface area (Å²) in [5, 5.41) is 14.6. The molecule has 150 valence electrons. The van der Waals surface area contributed by atoms with E-state index in [0.29, 0.717) is 44.3 Å². The Morgan fingerprint density at radius 3 is 2.83 bits per heavy atom. The Balaban J connectivity index is 1.30. The summed E-state index contributed by atoms with van der Waals surface area (Å²) in [5.41, 5.74) is 1.12. The molecule has 2 amide bonds. The summed E-state index contributed by atoms with van der Waals surface area (Å²) in [7, 11) is 0. The van der Waals surface area contributed by atoms with Crippen LogP contribution < -0.4 is 10.6 Å². The molecule has 2 aromatic heterocycles. The zero-order valence-corrected chi connectivity index (χ0v) is 16.0. The molecular formula is C21H23N5O3. The average Bonchev–Trinajstić information content (AvgIpc) is 3.48. The maximum absolute atomic E-state index is 12.4. The molecule has 0 radical (unpaired) electrons. The predicted octanol–water partition coefficient (Wildman–Crippen LogP) is 2.15. The molecule has 4 rings (SSSR count). The molecule has 29 heavy (non-hydrogen) atoms. The van der Waals surface area contributed by atoms with Crippen LogP contribution in [0.4, 0.5) is 0 Å². The minimum Gasteiger partial charge on any atom is -0.469 e. The quantitative estimate of drug-likeness (QED) is 0.611. The highest BCUT2D eigenvalue weighted by atomic mass is 16.3. The van der Waals surface area contributed by atoms with Gasteiger partial charge in [-0.1, -0.05) is 18.2 Å². The Morgan fingerprint density at radius 1 is 1.24 bits per heavy atom. The van der Waals surface area contributed by atoms with E-state index in [9.17, 15) is 9.59 Å². The smallest absolute Gasteiger partial charge is 0.220 e. The number of nitrogens with one attached hydrogen (secondary N) is 2. The van der Waals surface area contributed by atoms with Crippen molar-refractivity contribution < 1.29 is 14.0 Å². The van der Waals surface area contributed by atoms with Gasteiger partial charge in [-0.2, -0.15) is 15.0 Å². The molecular weight excluding hydrogens is 370 g/mol.